The Hall–Kier alpha value is -1.84. The van der Waals surface area contributed by atoms with Crippen LogP contribution in [0, 0.1) is 6.92 Å². The van der Waals surface area contributed by atoms with E-state index in [2.05, 4.69) is 15.1 Å². The molecule has 0 bridgehead atoms. The Balaban J connectivity index is 1.87. The molecule has 0 amide bonds. The van der Waals surface area contributed by atoms with Crippen LogP contribution in [0.3, 0.4) is 0 Å². The van der Waals surface area contributed by atoms with E-state index in [9.17, 15) is 8.42 Å². The lowest BCUT2D eigenvalue weighted by molar-refractivity contribution is -0.00515. The predicted octanol–water partition coefficient (Wildman–Crippen LogP) is 0.281. The summed E-state index contributed by atoms with van der Waals surface area (Å²) in [5.41, 5.74) is 1.12. The van der Waals surface area contributed by atoms with Crippen molar-refractivity contribution in [1.82, 2.24) is 24.1 Å². The van der Waals surface area contributed by atoms with Crippen LogP contribution in [0.5, 0.6) is 0 Å². The molecule has 8 nitrogen and oxygen atoms in total. The van der Waals surface area contributed by atoms with Gasteiger partial charge in [0.1, 0.15) is 11.0 Å². The van der Waals surface area contributed by atoms with Gasteiger partial charge in [-0.3, -0.25) is 14.6 Å². The number of hydrogen-bond acceptors (Lipinski definition) is 6. The van der Waals surface area contributed by atoms with E-state index in [1.54, 1.807) is 32.6 Å². The van der Waals surface area contributed by atoms with Gasteiger partial charge < -0.3 is 4.74 Å². The van der Waals surface area contributed by atoms with Gasteiger partial charge >= 0.3 is 0 Å². The van der Waals surface area contributed by atoms with Crippen molar-refractivity contribution in [2.45, 2.75) is 17.9 Å². The first-order chi connectivity index (χ1) is 10.5. The van der Waals surface area contributed by atoms with E-state index in [1.807, 2.05) is 0 Å². The van der Waals surface area contributed by atoms with E-state index >= 15 is 0 Å². The van der Waals surface area contributed by atoms with Crippen molar-refractivity contribution in [1.29, 1.82) is 0 Å². The molecule has 0 unspecified atom stereocenters. The van der Waals surface area contributed by atoms with E-state index in [0.717, 1.165) is 0 Å². The van der Waals surface area contributed by atoms with Gasteiger partial charge in [0.2, 0.25) is 10.0 Å². The smallest absolute Gasteiger partial charge is 0.246 e. The molecule has 1 atom stereocenters. The maximum Gasteiger partial charge on any atom is 0.246 e. The number of morpholine rings is 1. The first-order valence-electron chi connectivity index (χ1n) is 6.86. The molecule has 1 aliphatic heterocycles. The van der Waals surface area contributed by atoms with Crippen molar-refractivity contribution in [2.75, 3.05) is 19.7 Å². The molecule has 0 aromatic carbocycles. The minimum absolute atomic E-state index is 0.218. The number of rotatable bonds is 3. The second-order valence-corrected chi connectivity index (χ2v) is 7.01. The topological polar surface area (TPSA) is 90.2 Å². The fraction of sp³-hybridized carbons (Fsp3) is 0.462. The fourth-order valence-corrected chi connectivity index (χ4v) is 4.09. The molecule has 2 aromatic heterocycles. The van der Waals surface area contributed by atoms with Gasteiger partial charge in [0.05, 0.1) is 24.2 Å². The summed E-state index contributed by atoms with van der Waals surface area (Å²) in [6, 6.07) is 0. The fourth-order valence-electron chi connectivity index (χ4n) is 2.47. The largest absolute Gasteiger partial charge is 0.369 e. The number of hydrogen-bond donors (Lipinski definition) is 0. The van der Waals surface area contributed by atoms with Crippen molar-refractivity contribution in [3.8, 4) is 0 Å². The average Bonchev–Trinajstić information content (AvgIpc) is 2.88. The minimum Gasteiger partial charge on any atom is -0.369 e. The van der Waals surface area contributed by atoms with Gasteiger partial charge in [-0.1, -0.05) is 0 Å². The van der Waals surface area contributed by atoms with Crippen LogP contribution >= 0.6 is 0 Å². The minimum atomic E-state index is -3.59. The third-order valence-electron chi connectivity index (χ3n) is 3.53. The molecule has 0 aliphatic carbocycles. The highest BCUT2D eigenvalue weighted by Gasteiger charge is 2.34. The normalized spacial score (nSPS) is 20.2. The molecule has 0 saturated carbocycles. The average molecular weight is 323 g/mol. The lowest BCUT2D eigenvalue weighted by Gasteiger charge is -2.31. The number of ether oxygens (including phenoxy) is 1. The summed E-state index contributed by atoms with van der Waals surface area (Å²) >= 11 is 0. The van der Waals surface area contributed by atoms with Gasteiger partial charge in [0.25, 0.3) is 0 Å². The zero-order chi connectivity index (χ0) is 15.7. The van der Waals surface area contributed by atoms with Crippen LogP contribution in [0.25, 0.3) is 0 Å². The van der Waals surface area contributed by atoms with Gasteiger partial charge in [0.15, 0.2) is 0 Å². The molecular weight excluding hydrogens is 306 g/mol. The Morgan fingerprint density at radius 3 is 2.82 bits per heavy atom. The first-order valence-corrected chi connectivity index (χ1v) is 8.30. The summed E-state index contributed by atoms with van der Waals surface area (Å²) in [6.45, 7) is 2.54. The summed E-state index contributed by atoms with van der Waals surface area (Å²) in [5, 5.41) is 4.11. The van der Waals surface area contributed by atoms with Crippen molar-refractivity contribution in [3.05, 3.63) is 36.2 Å². The number of aryl methyl sites for hydroxylation is 2. The van der Waals surface area contributed by atoms with E-state index in [-0.39, 0.29) is 11.4 Å². The SMILES string of the molecule is Cc1nn(C)cc1S(=O)(=O)N1CCO[C@H](c2cnccn2)C1. The van der Waals surface area contributed by atoms with Crippen LogP contribution in [0.1, 0.15) is 17.5 Å². The molecule has 1 saturated heterocycles. The number of sulfonamides is 1. The van der Waals surface area contributed by atoms with Crippen LogP contribution in [-0.2, 0) is 21.8 Å². The van der Waals surface area contributed by atoms with Crippen molar-refractivity contribution in [3.63, 3.8) is 0 Å². The lowest BCUT2D eigenvalue weighted by atomic mass is 10.2. The van der Waals surface area contributed by atoms with Crippen LogP contribution in [0.2, 0.25) is 0 Å². The Morgan fingerprint density at radius 2 is 2.18 bits per heavy atom. The Labute approximate surface area is 128 Å². The molecule has 0 spiro atoms. The number of nitrogens with zero attached hydrogens (tertiary/aromatic N) is 5. The van der Waals surface area contributed by atoms with Gasteiger partial charge in [-0.25, -0.2) is 8.42 Å². The van der Waals surface area contributed by atoms with Crippen LogP contribution in [0.15, 0.2) is 29.7 Å². The molecule has 22 heavy (non-hydrogen) atoms. The van der Waals surface area contributed by atoms with Crippen LogP contribution in [-0.4, -0.2) is 52.2 Å². The van der Waals surface area contributed by atoms with Gasteiger partial charge in [-0.2, -0.15) is 9.40 Å². The van der Waals surface area contributed by atoms with Crippen molar-refractivity contribution < 1.29 is 13.2 Å². The van der Waals surface area contributed by atoms with Gasteiger partial charge in [0, 0.05) is 38.7 Å². The van der Waals surface area contributed by atoms with E-state index in [0.29, 0.717) is 24.5 Å². The predicted molar refractivity (Wildman–Crippen MR) is 77.4 cm³/mol. The zero-order valence-electron chi connectivity index (χ0n) is 12.4. The van der Waals surface area contributed by atoms with Crippen LogP contribution < -0.4 is 0 Å². The third kappa shape index (κ3) is 2.74. The van der Waals surface area contributed by atoms with Gasteiger partial charge in [-0.05, 0) is 6.92 Å². The standard InChI is InChI=1S/C13H17N5O3S/c1-10-13(9-17(2)16-10)22(19,20)18-5-6-21-12(8-18)11-7-14-3-4-15-11/h3-4,7,9,12H,5-6,8H2,1-2H3/t12-/m0/s1. The van der Waals surface area contributed by atoms with E-state index < -0.39 is 16.1 Å². The zero-order valence-corrected chi connectivity index (χ0v) is 13.2. The monoisotopic (exact) mass is 323 g/mol. The summed E-state index contributed by atoms with van der Waals surface area (Å²) in [7, 11) is -1.89. The highest BCUT2D eigenvalue weighted by molar-refractivity contribution is 7.89. The molecule has 3 rings (SSSR count). The van der Waals surface area contributed by atoms with Crippen molar-refractivity contribution >= 4 is 10.0 Å². The first kappa shape index (κ1) is 15.1. The van der Waals surface area contributed by atoms with Gasteiger partial charge in [-0.15, -0.1) is 0 Å². The molecule has 2 aromatic rings. The van der Waals surface area contributed by atoms with Crippen molar-refractivity contribution in [2.24, 2.45) is 7.05 Å². The molecule has 118 valence electrons. The molecule has 3 heterocycles. The molecular formula is C13H17N5O3S. The van der Waals surface area contributed by atoms with Crippen LogP contribution in [0.4, 0.5) is 0 Å². The quantitative estimate of drug-likeness (QED) is 0.806. The summed E-state index contributed by atoms with van der Waals surface area (Å²) < 4.78 is 34.1. The van der Waals surface area contributed by atoms with E-state index in [1.165, 1.54) is 15.2 Å². The Kier molecular flexibility index (Phi) is 3.94. The summed E-state index contributed by atoms with van der Waals surface area (Å²) in [4.78, 5) is 8.42. The molecule has 1 aliphatic rings. The Bertz CT molecular complexity index is 759. The van der Waals surface area contributed by atoms with E-state index in [4.69, 9.17) is 4.74 Å². The molecule has 1 fully saturated rings. The highest BCUT2D eigenvalue weighted by atomic mass is 32.2. The lowest BCUT2D eigenvalue weighted by Crippen LogP contribution is -2.42. The molecule has 0 N–H and O–H groups in total. The summed E-state index contributed by atoms with van der Waals surface area (Å²) in [5.74, 6) is 0. The second kappa shape index (κ2) is 5.75. The number of aromatic nitrogens is 4. The highest BCUT2D eigenvalue weighted by Crippen LogP contribution is 2.26. The molecule has 9 heteroatoms. The molecule has 0 radical (unpaired) electrons. The third-order valence-corrected chi connectivity index (χ3v) is 5.50. The Morgan fingerprint density at radius 1 is 1.36 bits per heavy atom. The maximum atomic E-state index is 12.8. The maximum absolute atomic E-state index is 12.8. The summed E-state index contributed by atoms with van der Waals surface area (Å²) in [6.07, 6.45) is 5.85. The second-order valence-electron chi connectivity index (χ2n) is 5.11.